The van der Waals surface area contributed by atoms with Crippen molar-refractivity contribution in [1.29, 1.82) is 0 Å². The molecule has 3 nitrogen and oxygen atoms in total. The van der Waals surface area contributed by atoms with Crippen molar-refractivity contribution in [2.45, 2.75) is 43.3 Å². The molecule has 3 aromatic rings. The zero-order valence-electron chi connectivity index (χ0n) is 16.4. The number of carbonyl (C=O) groups is 1. The smallest absolute Gasteiger partial charge is 0.338 e. The lowest BCUT2D eigenvalue weighted by atomic mass is 9.99. The van der Waals surface area contributed by atoms with Crippen molar-refractivity contribution in [3.8, 4) is 0 Å². The summed E-state index contributed by atoms with van der Waals surface area (Å²) in [5.41, 5.74) is 3.39. The van der Waals surface area contributed by atoms with Crippen LogP contribution in [0.3, 0.4) is 0 Å². The number of thioether (sulfide) groups is 1. The molecule has 0 saturated heterocycles. The van der Waals surface area contributed by atoms with Gasteiger partial charge >= 0.3 is 5.97 Å². The van der Waals surface area contributed by atoms with Crippen LogP contribution in [0.5, 0.6) is 0 Å². The molecular weight excluding hydrogens is 372 g/mol. The minimum absolute atomic E-state index is 0.225. The quantitative estimate of drug-likeness (QED) is 0.258. The molecule has 0 aliphatic heterocycles. The predicted molar refractivity (Wildman–Crippen MR) is 115 cm³/mol. The summed E-state index contributed by atoms with van der Waals surface area (Å²) >= 11 is 1.72. The molecule has 0 amide bonds. The maximum Gasteiger partial charge on any atom is 0.338 e. The molecule has 0 bridgehead atoms. The molecular formula is C22H26O3SSi. The van der Waals surface area contributed by atoms with Gasteiger partial charge in [0, 0.05) is 24.1 Å². The number of hydrogen-bond donors (Lipinski definition) is 0. The van der Waals surface area contributed by atoms with Crippen molar-refractivity contribution in [3.63, 3.8) is 0 Å². The summed E-state index contributed by atoms with van der Waals surface area (Å²) < 4.78 is 11.3. The second-order valence-electron chi connectivity index (χ2n) is 7.93. The van der Waals surface area contributed by atoms with E-state index in [0.29, 0.717) is 17.9 Å². The molecule has 0 spiro atoms. The number of hydrogen-bond acceptors (Lipinski definition) is 4. The van der Waals surface area contributed by atoms with Gasteiger partial charge in [-0.1, -0.05) is 37.8 Å². The van der Waals surface area contributed by atoms with E-state index < -0.39 is 8.07 Å². The average Bonchev–Trinajstić information content (AvgIpc) is 3.07. The largest absolute Gasteiger partial charge is 0.464 e. The first-order chi connectivity index (χ1) is 12.8. The Balaban J connectivity index is 1.88. The fraction of sp³-hybridized carbons (Fsp3) is 0.318. The van der Waals surface area contributed by atoms with Gasteiger partial charge in [-0.3, -0.25) is 0 Å². The van der Waals surface area contributed by atoms with Gasteiger partial charge in [0.15, 0.2) is 0 Å². The van der Waals surface area contributed by atoms with Gasteiger partial charge in [0.2, 0.25) is 0 Å². The van der Waals surface area contributed by atoms with Crippen LogP contribution in [-0.4, -0.2) is 20.7 Å². The van der Waals surface area contributed by atoms with Gasteiger partial charge in [-0.2, -0.15) is 0 Å². The van der Waals surface area contributed by atoms with E-state index in [4.69, 9.17) is 9.15 Å². The zero-order valence-corrected chi connectivity index (χ0v) is 18.2. The summed E-state index contributed by atoms with van der Waals surface area (Å²) in [5, 5.41) is 0.987. The summed E-state index contributed by atoms with van der Waals surface area (Å²) in [6, 6.07) is 15.1. The number of fused-ring (bicyclic) bond motifs is 1. The van der Waals surface area contributed by atoms with Crippen LogP contribution in [0, 0.1) is 6.92 Å². The molecule has 3 rings (SSSR count). The van der Waals surface area contributed by atoms with Crippen molar-refractivity contribution in [2.24, 2.45) is 0 Å². The normalized spacial score (nSPS) is 11.7. The molecule has 0 aliphatic rings. The molecule has 142 valence electrons. The third-order valence-electron chi connectivity index (χ3n) is 4.48. The minimum Gasteiger partial charge on any atom is -0.464 e. The number of aryl methyl sites for hydroxylation is 1. The monoisotopic (exact) mass is 398 g/mol. The molecule has 0 radical (unpaired) electrons. The highest BCUT2D eigenvalue weighted by Crippen LogP contribution is 2.33. The Bertz CT molecular complexity index is 926. The van der Waals surface area contributed by atoms with Crippen LogP contribution in [0.15, 0.2) is 58.0 Å². The Morgan fingerprint density at radius 2 is 1.89 bits per heavy atom. The van der Waals surface area contributed by atoms with E-state index in [2.05, 4.69) is 31.8 Å². The Kier molecular flexibility index (Phi) is 6.12. The Morgan fingerprint density at radius 3 is 2.59 bits per heavy atom. The number of benzene rings is 2. The Morgan fingerprint density at radius 1 is 1.15 bits per heavy atom. The first kappa shape index (κ1) is 19.8. The summed E-state index contributed by atoms with van der Waals surface area (Å²) in [5.74, 6) is 0.470. The molecule has 0 saturated carbocycles. The Hall–Kier alpha value is -1.98. The highest BCUT2D eigenvalue weighted by Gasteiger charge is 2.21. The van der Waals surface area contributed by atoms with Gasteiger partial charge < -0.3 is 9.15 Å². The summed E-state index contributed by atoms with van der Waals surface area (Å²) in [6.07, 6.45) is 1.68. The van der Waals surface area contributed by atoms with Crippen LogP contribution in [0.1, 0.15) is 21.5 Å². The van der Waals surface area contributed by atoms with E-state index in [1.807, 2.05) is 37.3 Å². The van der Waals surface area contributed by atoms with Crippen LogP contribution >= 0.6 is 11.8 Å². The summed E-state index contributed by atoms with van der Waals surface area (Å²) in [6.45, 7) is 9.29. The standard InChI is InChI=1S/C22H26O3SSi/c1-16-14-20-18(10-11-24-20)19(15-26-17-8-6-5-7-9-17)21(16)22(23)25-12-13-27(2,3)4/h5-11,14H,12-13,15H2,1-4H3. The maximum absolute atomic E-state index is 12.9. The van der Waals surface area contributed by atoms with Crippen LogP contribution in [0.4, 0.5) is 0 Å². The average molecular weight is 399 g/mol. The van der Waals surface area contributed by atoms with Crippen molar-refractivity contribution in [1.82, 2.24) is 0 Å². The highest BCUT2D eigenvalue weighted by molar-refractivity contribution is 7.98. The number of ether oxygens (including phenoxy) is 1. The maximum atomic E-state index is 12.9. The second-order valence-corrected chi connectivity index (χ2v) is 14.6. The van der Waals surface area contributed by atoms with Gasteiger partial charge in [0.05, 0.1) is 18.4 Å². The van der Waals surface area contributed by atoms with Crippen molar-refractivity contribution >= 4 is 36.8 Å². The van der Waals surface area contributed by atoms with Crippen molar-refractivity contribution < 1.29 is 13.9 Å². The molecule has 5 heteroatoms. The molecule has 27 heavy (non-hydrogen) atoms. The summed E-state index contributed by atoms with van der Waals surface area (Å²) in [7, 11) is -1.24. The second kappa shape index (κ2) is 8.36. The molecule has 0 unspecified atom stereocenters. The fourth-order valence-electron chi connectivity index (χ4n) is 2.95. The summed E-state index contributed by atoms with van der Waals surface area (Å²) in [4.78, 5) is 14.1. The van der Waals surface area contributed by atoms with Gasteiger partial charge in [0.1, 0.15) is 5.58 Å². The number of carbonyl (C=O) groups excluding carboxylic acids is 1. The van der Waals surface area contributed by atoms with Gasteiger partial charge in [-0.25, -0.2) is 4.79 Å². The number of rotatable bonds is 7. The first-order valence-electron chi connectivity index (χ1n) is 9.20. The fourth-order valence-corrected chi connectivity index (χ4v) is 4.63. The predicted octanol–water partition coefficient (Wildman–Crippen LogP) is 6.53. The molecule has 1 heterocycles. The number of furan rings is 1. The van der Waals surface area contributed by atoms with Gasteiger partial charge in [0.25, 0.3) is 0 Å². The molecule has 0 fully saturated rings. The van der Waals surface area contributed by atoms with E-state index in [1.54, 1.807) is 18.0 Å². The van der Waals surface area contributed by atoms with Crippen LogP contribution in [0.2, 0.25) is 25.7 Å². The topological polar surface area (TPSA) is 39.4 Å². The number of esters is 1. The first-order valence-corrected chi connectivity index (χ1v) is 13.9. The molecule has 0 atom stereocenters. The lowest BCUT2D eigenvalue weighted by Gasteiger charge is -2.17. The van der Waals surface area contributed by atoms with E-state index in [9.17, 15) is 4.79 Å². The van der Waals surface area contributed by atoms with Gasteiger partial charge in [-0.15, -0.1) is 11.8 Å². The minimum atomic E-state index is -1.24. The lowest BCUT2D eigenvalue weighted by molar-refractivity contribution is 0.0523. The van der Waals surface area contributed by atoms with Crippen LogP contribution < -0.4 is 0 Å². The third kappa shape index (κ3) is 5.05. The van der Waals surface area contributed by atoms with Crippen molar-refractivity contribution in [2.75, 3.05) is 6.61 Å². The van der Waals surface area contributed by atoms with Crippen LogP contribution in [-0.2, 0) is 10.5 Å². The lowest BCUT2D eigenvalue weighted by Crippen LogP contribution is -2.23. The van der Waals surface area contributed by atoms with Gasteiger partial charge in [-0.05, 0) is 48.4 Å². The molecule has 0 N–H and O–H groups in total. The molecule has 1 aromatic heterocycles. The molecule has 2 aromatic carbocycles. The van der Waals surface area contributed by atoms with Crippen molar-refractivity contribution in [3.05, 3.63) is 65.4 Å². The van der Waals surface area contributed by atoms with E-state index >= 15 is 0 Å². The van der Waals surface area contributed by atoms with E-state index in [0.717, 1.165) is 28.1 Å². The van der Waals surface area contributed by atoms with E-state index in [1.165, 1.54) is 4.90 Å². The van der Waals surface area contributed by atoms with Crippen LogP contribution in [0.25, 0.3) is 11.0 Å². The zero-order chi connectivity index (χ0) is 19.4. The molecule has 0 aliphatic carbocycles. The SMILES string of the molecule is Cc1cc2occc2c(CSc2ccccc2)c1C(=O)OCC[Si](C)(C)C. The Labute approximate surface area is 166 Å². The van der Waals surface area contributed by atoms with E-state index in [-0.39, 0.29) is 5.97 Å². The third-order valence-corrected chi connectivity index (χ3v) is 7.22. The highest BCUT2D eigenvalue weighted by atomic mass is 32.2.